The Labute approximate surface area is 145 Å². The maximum absolute atomic E-state index is 13.0. The quantitative estimate of drug-likeness (QED) is 0.749. The number of halogens is 1. The summed E-state index contributed by atoms with van der Waals surface area (Å²) in [6.07, 6.45) is 2.97. The third-order valence-electron chi connectivity index (χ3n) is 4.67. The van der Waals surface area contributed by atoms with Crippen LogP contribution in [0.15, 0.2) is 51.8 Å². The van der Waals surface area contributed by atoms with Crippen LogP contribution in [0.4, 0.5) is 10.1 Å². The van der Waals surface area contributed by atoms with Gasteiger partial charge in [-0.05, 0) is 61.2 Å². The largest absolute Gasteiger partial charge is 0.461 e. The molecule has 1 aliphatic carbocycles. The molecule has 0 amide bonds. The molecule has 0 saturated heterocycles. The number of furan rings is 1. The molecule has 130 valence electrons. The van der Waals surface area contributed by atoms with E-state index in [-0.39, 0.29) is 4.90 Å². The Balaban J connectivity index is 1.70. The first-order chi connectivity index (χ1) is 11.9. The number of sulfonamides is 1. The SMILES string of the molecule is C[C@H]1CCc2oc3ccc(NS(=O)(=O)c4ccc(F)cc4)cc3c2C1. The summed E-state index contributed by atoms with van der Waals surface area (Å²) in [5.74, 6) is 1.12. The fourth-order valence-electron chi connectivity index (χ4n) is 3.34. The molecule has 1 N–H and O–H groups in total. The molecule has 0 fully saturated rings. The number of anilines is 1. The number of fused-ring (bicyclic) bond motifs is 3. The smallest absolute Gasteiger partial charge is 0.261 e. The van der Waals surface area contributed by atoms with Crippen molar-refractivity contribution in [3.63, 3.8) is 0 Å². The summed E-state index contributed by atoms with van der Waals surface area (Å²) in [5.41, 5.74) is 2.43. The number of hydrogen-bond donors (Lipinski definition) is 1. The van der Waals surface area contributed by atoms with Crippen molar-refractivity contribution in [1.82, 2.24) is 0 Å². The molecule has 3 aromatic rings. The molecule has 4 rings (SSSR count). The number of rotatable bonds is 3. The predicted octanol–water partition coefficient (Wildman–Crippen LogP) is 4.50. The summed E-state index contributed by atoms with van der Waals surface area (Å²) in [5, 5.41) is 0.959. The lowest BCUT2D eigenvalue weighted by molar-refractivity contribution is 0.438. The summed E-state index contributed by atoms with van der Waals surface area (Å²) in [6.45, 7) is 2.21. The number of nitrogens with one attached hydrogen (secondary N) is 1. The molecule has 0 saturated carbocycles. The summed E-state index contributed by atoms with van der Waals surface area (Å²) < 4.78 is 46.4. The van der Waals surface area contributed by atoms with E-state index in [9.17, 15) is 12.8 Å². The van der Waals surface area contributed by atoms with Gasteiger partial charge in [-0.2, -0.15) is 0 Å². The van der Waals surface area contributed by atoms with E-state index in [2.05, 4.69) is 11.6 Å². The van der Waals surface area contributed by atoms with Gasteiger partial charge in [-0.1, -0.05) is 6.92 Å². The molecule has 0 radical (unpaired) electrons. The van der Waals surface area contributed by atoms with Gasteiger partial charge in [-0.25, -0.2) is 12.8 Å². The minimum Gasteiger partial charge on any atom is -0.461 e. The molecule has 1 atom stereocenters. The maximum atomic E-state index is 13.0. The molecule has 0 unspecified atom stereocenters. The summed E-state index contributed by atoms with van der Waals surface area (Å²) >= 11 is 0. The molecule has 0 bridgehead atoms. The van der Waals surface area contributed by atoms with Crippen molar-refractivity contribution in [2.75, 3.05) is 4.72 Å². The molecule has 2 aromatic carbocycles. The number of aryl methyl sites for hydroxylation is 1. The zero-order valence-corrected chi connectivity index (χ0v) is 14.6. The average Bonchev–Trinajstić information content (AvgIpc) is 2.92. The molecule has 1 aliphatic rings. The fourth-order valence-corrected chi connectivity index (χ4v) is 4.39. The van der Waals surface area contributed by atoms with Crippen LogP contribution in [0.5, 0.6) is 0 Å². The van der Waals surface area contributed by atoms with Gasteiger partial charge in [0.15, 0.2) is 0 Å². The Bertz CT molecular complexity index is 1040. The Kier molecular flexibility index (Phi) is 3.80. The summed E-state index contributed by atoms with van der Waals surface area (Å²) in [6, 6.07) is 10.0. The van der Waals surface area contributed by atoms with Gasteiger partial charge >= 0.3 is 0 Å². The van der Waals surface area contributed by atoms with Crippen LogP contribution in [0.25, 0.3) is 11.0 Å². The Morgan fingerprint density at radius 1 is 1.16 bits per heavy atom. The van der Waals surface area contributed by atoms with E-state index >= 15 is 0 Å². The minimum absolute atomic E-state index is 0.0249. The van der Waals surface area contributed by atoms with E-state index in [1.54, 1.807) is 12.1 Å². The second-order valence-corrected chi connectivity index (χ2v) is 8.30. The molecule has 0 spiro atoms. The molecule has 1 aromatic heterocycles. The highest BCUT2D eigenvalue weighted by atomic mass is 32.2. The highest BCUT2D eigenvalue weighted by Crippen LogP contribution is 2.35. The normalized spacial score (nSPS) is 17.4. The third-order valence-corrected chi connectivity index (χ3v) is 6.06. The Morgan fingerprint density at radius 2 is 1.92 bits per heavy atom. The second-order valence-electron chi connectivity index (χ2n) is 6.62. The van der Waals surface area contributed by atoms with Gasteiger partial charge in [0.25, 0.3) is 10.0 Å². The van der Waals surface area contributed by atoms with E-state index in [0.717, 1.165) is 48.1 Å². The topological polar surface area (TPSA) is 59.3 Å². The Morgan fingerprint density at radius 3 is 2.68 bits per heavy atom. The molecule has 1 heterocycles. The van der Waals surface area contributed by atoms with Crippen molar-refractivity contribution >= 4 is 26.7 Å². The van der Waals surface area contributed by atoms with E-state index in [4.69, 9.17) is 4.42 Å². The lowest BCUT2D eigenvalue weighted by Gasteiger charge is -2.16. The molecule has 25 heavy (non-hydrogen) atoms. The van der Waals surface area contributed by atoms with Crippen LogP contribution in [0.2, 0.25) is 0 Å². The van der Waals surface area contributed by atoms with Gasteiger partial charge in [0.05, 0.1) is 4.90 Å². The van der Waals surface area contributed by atoms with Crippen LogP contribution in [0, 0.1) is 11.7 Å². The molecular formula is C19H18FNO3S. The first kappa shape index (κ1) is 16.1. The summed E-state index contributed by atoms with van der Waals surface area (Å²) in [7, 11) is -3.76. The highest BCUT2D eigenvalue weighted by molar-refractivity contribution is 7.92. The van der Waals surface area contributed by atoms with Crippen LogP contribution in [0.1, 0.15) is 24.7 Å². The molecule has 6 heteroatoms. The lowest BCUT2D eigenvalue weighted by atomic mass is 9.88. The van der Waals surface area contributed by atoms with Crippen LogP contribution in [0.3, 0.4) is 0 Å². The number of benzene rings is 2. The fraction of sp³-hybridized carbons (Fsp3) is 0.263. The summed E-state index contributed by atoms with van der Waals surface area (Å²) in [4.78, 5) is 0.0249. The minimum atomic E-state index is -3.76. The molecule has 0 aliphatic heterocycles. The van der Waals surface area contributed by atoms with E-state index in [0.29, 0.717) is 11.6 Å². The van der Waals surface area contributed by atoms with Gasteiger partial charge in [0, 0.05) is 23.1 Å². The first-order valence-corrected chi connectivity index (χ1v) is 9.73. The zero-order valence-electron chi connectivity index (χ0n) is 13.8. The van der Waals surface area contributed by atoms with Crippen molar-refractivity contribution in [2.24, 2.45) is 5.92 Å². The van der Waals surface area contributed by atoms with Crippen LogP contribution in [-0.2, 0) is 22.9 Å². The monoisotopic (exact) mass is 359 g/mol. The van der Waals surface area contributed by atoms with E-state index in [1.807, 2.05) is 6.07 Å². The first-order valence-electron chi connectivity index (χ1n) is 8.25. The van der Waals surface area contributed by atoms with Crippen molar-refractivity contribution < 1.29 is 17.2 Å². The predicted molar refractivity (Wildman–Crippen MR) is 94.6 cm³/mol. The molecule has 4 nitrogen and oxygen atoms in total. The third kappa shape index (κ3) is 3.02. The average molecular weight is 359 g/mol. The Hall–Kier alpha value is -2.34. The van der Waals surface area contributed by atoms with Gasteiger partial charge in [0.1, 0.15) is 17.2 Å². The van der Waals surface area contributed by atoms with Crippen LogP contribution < -0.4 is 4.72 Å². The van der Waals surface area contributed by atoms with Gasteiger partial charge in [0.2, 0.25) is 0 Å². The van der Waals surface area contributed by atoms with Crippen molar-refractivity contribution in [1.29, 1.82) is 0 Å². The maximum Gasteiger partial charge on any atom is 0.261 e. The van der Waals surface area contributed by atoms with Crippen LogP contribution >= 0.6 is 0 Å². The zero-order chi connectivity index (χ0) is 17.6. The highest BCUT2D eigenvalue weighted by Gasteiger charge is 2.22. The lowest BCUT2D eigenvalue weighted by Crippen LogP contribution is -2.13. The van der Waals surface area contributed by atoms with Gasteiger partial charge < -0.3 is 4.42 Å². The second kappa shape index (κ2) is 5.88. The van der Waals surface area contributed by atoms with Crippen molar-refractivity contribution in [2.45, 2.75) is 31.1 Å². The van der Waals surface area contributed by atoms with Gasteiger partial charge in [-0.15, -0.1) is 0 Å². The van der Waals surface area contributed by atoms with Gasteiger partial charge in [-0.3, -0.25) is 4.72 Å². The van der Waals surface area contributed by atoms with Crippen LogP contribution in [-0.4, -0.2) is 8.42 Å². The van der Waals surface area contributed by atoms with Crippen molar-refractivity contribution in [3.8, 4) is 0 Å². The van der Waals surface area contributed by atoms with Crippen molar-refractivity contribution in [3.05, 3.63) is 59.6 Å². The van der Waals surface area contributed by atoms with E-state index in [1.165, 1.54) is 17.7 Å². The molecular weight excluding hydrogens is 341 g/mol. The number of hydrogen-bond acceptors (Lipinski definition) is 3. The van der Waals surface area contributed by atoms with E-state index < -0.39 is 15.8 Å². The standard InChI is InChI=1S/C19H18FNO3S/c1-12-2-8-18-16(10-12)17-11-14(5-9-19(17)24-18)21-25(22,23)15-6-3-13(20)4-7-15/h3-7,9,11-12,21H,2,8,10H2,1H3/t12-/m0/s1.